The molecule has 0 N–H and O–H groups in total. The van der Waals surface area contributed by atoms with Crippen molar-refractivity contribution in [3.05, 3.63) is 223 Å². The highest BCUT2D eigenvalue weighted by Gasteiger charge is 2.35. The van der Waals surface area contributed by atoms with Crippen molar-refractivity contribution in [2.24, 2.45) is 0 Å². The number of fused-ring (bicyclic) bond motifs is 9. The number of rotatable bonds is 6. The largest absolute Gasteiger partial charge is 0.310 e. The first kappa shape index (κ1) is 34.4. The van der Waals surface area contributed by atoms with E-state index in [1.165, 1.54) is 82.7 Å². The number of nitrogens with zero attached hydrogens (tertiary/aromatic N) is 3. The van der Waals surface area contributed by atoms with Crippen LogP contribution in [0.5, 0.6) is 0 Å². The first-order valence-electron chi connectivity index (χ1n) is 20.9. The molecule has 2 aromatic heterocycles. The van der Waals surface area contributed by atoms with Crippen LogP contribution in [0.1, 0.15) is 25.0 Å². The van der Waals surface area contributed by atoms with Crippen LogP contribution < -0.4 is 4.90 Å². The lowest BCUT2D eigenvalue weighted by Gasteiger charge is -2.28. The smallest absolute Gasteiger partial charge is 0.0542 e. The molecule has 1 aliphatic rings. The Balaban J connectivity index is 1.01. The minimum absolute atomic E-state index is 0.118. The van der Waals surface area contributed by atoms with Crippen LogP contribution in [0.4, 0.5) is 17.1 Å². The summed E-state index contributed by atoms with van der Waals surface area (Å²) in [6.45, 7) is 4.72. The normalized spacial score (nSPS) is 13.0. The van der Waals surface area contributed by atoms with E-state index in [1.807, 2.05) is 0 Å². The summed E-state index contributed by atoms with van der Waals surface area (Å²) in [6.07, 6.45) is 0. The molecule has 284 valence electrons. The van der Waals surface area contributed by atoms with Crippen LogP contribution in [0.3, 0.4) is 0 Å². The fraction of sp³-hybridized carbons (Fsp3) is 0.0526. The molecule has 12 rings (SSSR count). The Morgan fingerprint density at radius 2 is 0.800 bits per heavy atom. The van der Waals surface area contributed by atoms with Crippen molar-refractivity contribution in [2.45, 2.75) is 19.3 Å². The van der Waals surface area contributed by atoms with Gasteiger partial charge in [0.15, 0.2) is 0 Å². The molecular weight excluding hydrogens is 727 g/mol. The number of para-hydroxylation sites is 4. The van der Waals surface area contributed by atoms with Gasteiger partial charge in [0.2, 0.25) is 0 Å². The van der Waals surface area contributed by atoms with Gasteiger partial charge in [0.05, 0.1) is 22.1 Å². The third-order valence-corrected chi connectivity index (χ3v) is 12.9. The van der Waals surface area contributed by atoms with Gasteiger partial charge in [-0.2, -0.15) is 0 Å². The minimum atomic E-state index is -0.118. The maximum Gasteiger partial charge on any atom is 0.0542 e. The van der Waals surface area contributed by atoms with Gasteiger partial charge in [-0.25, -0.2) is 0 Å². The van der Waals surface area contributed by atoms with Crippen molar-refractivity contribution >= 4 is 60.7 Å². The third-order valence-electron chi connectivity index (χ3n) is 12.9. The van der Waals surface area contributed by atoms with Crippen molar-refractivity contribution in [3.8, 4) is 33.6 Å². The second-order valence-electron chi connectivity index (χ2n) is 16.6. The highest BCUT2D eigenvalue weighted by Crippen LogP contribution is 2.51. The molecule has 0 unspecified atom stereocenters. The Bertz CT molecular complexity index is 3440. The third kappa shape index (κ3) is 5.15. The van der Waals surface area contributed by atoms with Gasteiger partial charge in [-0.1, -0.05) is 135 Å². The maximum atomic E-state index is 2.44. The lowest BCUT2D eigenvalue weighted by molar-refractivity contribution is 0.660. The Hall–Kier alpha value is -7.62. The van der Waals surface area contributed by atoms with E-state index >= 15 is 0 Å². The average Bonchev–Trinajstić information content (AvgIpc) is 3.90. The van der Waals surface area contributed by atoms with E-state index in [4.69, 9.17) is 0 Å². The molecule has 9 aromatic carbocycles. The summed E-state index contributed by atoms with van der Waals surface area (Å²) in [7, 11) is 0. The number of anilines is 3. The molecule has 11 aromatic rings. The molecule has 60 heavy (non-hydrogen) atoms. The lowest BCUT2D eigenvalue weighted by Crippen LogP contribution is -2.16. The summed E-state index contributed by atoms with van der Waals surface area (Å²) in [5.41, 5.74) is 18.2. The molecule has 0 spiro atoms. The highest BCUT2D eigenvalue weighted by atomic mass is 15.1. The summed E-state index contributed by atoms with van der Waals surface area (Å²) in [5, 5.41) is 4.97. The average molecular weight is 768 g/mol. The van der Waals surface area contributed by atoms with E-state index in [2.05, 4.69) is 240 Å². The lowest BCUT2D eigenvalue weighted by atomic mass is 9.82. The second-order valence-corrected chi connectivity index (χ2v) is 16.6. The fourth-order valence-electron chi connectivity index (χ4n) is 10.0. The van der Waals surface area contributed by atoms with E-state index in [0.29, 0.717) is 0 Å². The van der Waals surface area contributed by atoms with Crippen molar-refractivity contribution < 1.29 is 0 Å². The van der Waals surface area contributed by atoms with Gasteiger partial charge in [-0.05, 0) is 124 Å². The molecule has 0 atom stereocenters. The predicted octanol–water partition coefficient (Wildman–Crippen LogP) is 15.3. The molecule has 3 heteroatoms. The number of hydrogen-bond acceptors (Lipinski definition) is 1. The minimum Gasteiger partial charge on any atom is -0.310 e. The van der Waals surface area contributed by atoms with Gasteiger partial charge in [0, 0.05) is 55.4 Å². The zero-order valence-electron chi connectivity index (χ0n) is 33.5. The van der Waals surface area contributed by atoms with Gasteiger partial charge in [0.1, 0.15) is 0 Å². The fourth-order valence-corrected chi connectivity index (χ4v) is 10.0. The predicted molar refractivity (Wildman–Crippen MR) is 253 cm³/mol. The van der Waals surface area contributed by atoms with E-state index in [-0.39, 0.29) is 5.41 Å². The van der Waals surface area contributed by atoms with E-state index in [9.17, 15) is 0 Å². The van der Waals surface area contributed by atoms with Gasteiger partial charge in [-0.15, -0.1) is 0 Å². The Morgan fingerprint density at radius 1 is 0.333 bits per heavy atom. The van der Waals surface area contributed by atoms with Crippen LogP contribution in [0, 0.1) is 0 Å². The Labute approximate surface area is 349 Å². The molecule has 2 heterocycles. The number of aromatic nitrogens is 2. The van der Waals surface area contributed by atoms with Crippen LogP contribution in [-0.2, 0) is 5.41 Å². The molecular formula is C57H41N3. The van der Waals surface area contributed by atoms with Crippen LogP contribution in [0.15, 0.2) is 212 Å². The monoisotopic (exact) mass is 767 g/mol. The summed E-state index contributed by atoms with van der Waals surface area (Å²) in [6, 6.07) is 77.9. The van der Waals surface area contributed by atoms with E-state index < -0.39 is 0 Å². The number of hydrogen-bond donors (Lipinski definition) is 0. The van der Waals surface area contributed by atoms with Crippen molar-refractivity contribution in [1.82, 2.24) is 9.13 Å². The van der Waals surface area contributed by atoms with Crippen molar-refractivity contribution in [2.75, 3.05) is 4.90 Å². The molecule has 0 saturated carbocycles. The van der Waals surface area contributed by atoms with Crippen LogP contribution in [0.25, 0.3) is 77.2 Å². The molecule has 3 nitrogen and oxygen atoms in total. The molecule has 0 radical (unpaired) electrons. The molecule has 0 bridgehead atoms. The topological polar surface area (TPSA) is 13.1 Å². The molecule has 0 fully saturated rings. The van der Waals surface area contributed by atoms with Crippen molar-refractivity contribution in [3.63, 3.8) is 0 Å². The highest BCUT2D eigenvalue weighted by molar-refractivity contribution is 6.12. The zero-order chi connectivity index (χ0) is 40.0. The maximum absolute atomic E-state index is 2.44. The van der Waals surface area contributed by atoms with Crippen LogP contribution in [0.2, 0.25) is 0 Å². The summed E-state index contributed by atoms with van der Waals surface area (Å²) < 4.78 is 4.76. The Morgan fingerprint density at radius 3 is 1.47 bits per heavy atom. The van der Waals surface area contributed by atoms with Gasteiger partial charge in [-0.3, -0.25) is 0 Å². The molecule has 0 amide bonds. The van der Waals surface area contributed by atoms with Gasteiger partial charge in [0.25, 0.3) is 0 Å². The quantitative estimate of drug-likeness (QED) is 0.164. The first-order valence-corrected chi connectivity index (χ1v) is 20.9. The Kier molecular flexibility index (Phi) is 7.58. The molecule has 1 aliphatic carbocycles. The van der Waals surface area contributed by atoms with Gasteiger partial charge < -0.3 is 14.0 Å². The van der Waals surface area contributed by atoms with Gasteiger partial charge >= 0.3 is 0 Å². The summed E-state index contributed by atoms with van der Waals surface area (Å²) >= 11 is 0. The molecule has 0 saturated heterocycles. The van der Waals surface area contributed by atoms with Crippen molar-refractivity contribution in [1.29, 1.82) is 0 Å². The van der Waals surface area contributed by atoms with Crippen LogP contribution >= 0.6 is 0 Å². The summed E-state index contributed by atoms with van der Waals surface area (Å²) in [4.78, 5) is 2.44. The van der Waals surface area contributed by atoms with E-state index in [1.54, 1.807) is 0 Å². The zero-order valence-corrected chi connectivity index (χ0v) is 33.5. The second kappa shape index (κ2) is 13.2. The standard InChI is InChI=1S/C57H41N3/c1-57(2)51-22-12-9-19-45(51)46-32-30-44(37-52(46)57)58(43-31-34-56-50(36-43)48-21-11-14-24-54(48)60(56)41-17-7-4-8-18-41)42-28-25-38(26-29-42)39-27-33-55-49(35-39)47-20-10-13-23-53(47)59(55)40-15-5-3-6-16-40/h3-37H,1-2H3. The summed E-state index contributed by atoms with van der Waals surface area (Å²) in [5.74, 6) is 0. The van der Waals surface area contributed by atoms with E-state index in [0.717, 1.165) is 22.7 Å². The number of benzene rings is 9. The first-order chi connectivity index (χ1) is 29.5. The SMILES string of the molecule is CC1(C)c2ccccc2-c2ccc(N(c3ccc(-c4ccc5c(c4)c4ccccc4n5-c4ccccc4)cc3)c3ccc4c(c3)c3ccccc3n4-c3ccccc3)cc21. The molecule has 0 aliphatic heterocycles. The van der Waals surface area contributed by atoms with Crippen LogP contribution in [-0.4, -0.2) is 9.13 Å².